The molecule has 1 atom stereocenters. The first-order chi connectivity index (χ1) is 14.1. The summed E-state index contributed by atoms with van der Waals surface area (Å²) in [4.78, 5) is 30.8. The normalized spacial score (nSPS) is 18.5. The Morgan fingerprint density at radius 3 is 2.14 bits per heavy atom. The van der Waals surface area contributed by atoms with Gasteiger partial charge in [0.15, 0.2) is 11.6 Å². The highest BCUT2D eigenvalue weighted by Crippen LogP contribution is 2.38. The highest BCUT2D eigenvalue weighted by Gasteiger charge is 2.42. The number of carbonyl (C=O) groups is 2. The fourth-order valence-corrected chi connectivity index (χ4v) is 4.07. The zero-order chi connectivity index (χ0) is 20.0. The fourth-order valence-electron chi connectivity index (χ4n) is 4.07. The van der Waals surface area contributed by atoms with Gasteiger partial charge in [-0.15, -0.1) is 0 Å². The molecule has 0 aromatic heterocycles. The number of rotatable bonds is 2. The smallest absolute Gasteiger partial charge is 0.180 e. The first-order valence-corrected chi connectivity index (χ1v) is 9.48. The number of benzene rings is 3. The third-order valence-corrected chi connectivity index (χ3v) is 5.50. The maximum atomic E-state index is 13.4. The van der Waals surface area contributed by atoms with E-state index in [2.05, 4.69) is 5.32 Å². The van der Waals surface area contributed by atoms with E-state index in [-0.39, 0.29) is 23.4 Å². The molecule has 0 fully saturated rings. The van der Waals surface area contributed by atoms with Crippen LogP contribution in [0.1, 0.15) is 38.7 Å². The molecule has 1 heterocycles. The highest BCUT2D eigenvalue weighted by atomic mass is 19.1. The summed E-state index contributed by atoms with van der Waals surface area (Å²) >= 11 is 0. The molecule has 2 aliphatic rings. The lowest BCUT2D eigenvalue weighted by molar-refractivity contribution is 0.0882. The van der Waals surface area contributed by atoms with Crippen molar-refractivity contribution in [2.45, 2.75) is 12.5 Å². The summed E-state index contributed by atoms with van der Waals surface area (Å²) in [7, 11) is 0. The third-order valence-electron chi connectivity index (χ3n) is 5.50. The van der Waals surface area contributed by atoms with Crippen LogP contribution in [0.4, 0.5) is 15.8 Å². The van der Waals surface area contributed by atoms with Gasteiger partial charge in [-0.3, -0.25) is 14.6 Å². The van der Waals surface area contributed by atoms with Crippen LogP contribution in [0.3, 0.4) is 0 Å². The van der Waals surface area contributed by atoms with Crippen LogP contribution < -0.4 is 5.32 Å². The lowest BCUT2D eigenvalue weighted by atomic mass is 9.90. The second-order valence-corrected chi connectivity index (χ2v) is 7.28. The number of halogens is 1. The van der Waals surface area contributed by atoms with Gasteiger partial charge >= 0.3 is 0 Å². The number of aliphatic imine (C=N–C) groups is 1. The van der Waals surface area contributed by atoms with Gasteiger partial charge in [0, 0.05) is 23.3 Å². The number of hydrogen-bond acceptors (Lipinski definition) is 4. The molecule has 0 bridgehead atoms. The molecule has 3 aromatic rings. The van der Waals surface area contributed by atoms with Gasteiger partial charge in [-0.1, -0.05) is 48.5 Å². The molecule has 1 aliphatic carbocycles. The highest BCUT2D eigenvalue weighted by molar-refractivity contribution is 6.36. The lowest BCUT2D eigenvalue weighted by Crippen LogP contribution is -2.28. The lowest BCUT2D eigenvalue weighted by Gasteiger charge is -2.20. The van der Waals surface area contributed by atoms with Gasteiger partial charge in [0.25, 0.3) is 0 Å². The van der Waals surface area contributed by atoms with E-state index in [0.29, 0.717) is 28.9 Å². The van der Waals surface area contributed by atoms with Crippen molar-refractivity contribution in [1.29, 1.82) is 0 Å². The van der Waals surface area contributed by atoms with Crippen LogP contribution >= 0.6 is 0 Å². The number of fused-ring (bicyclic) bond motifs is 2. The summed E-state index contributed by atoms with van der Waals surface area (Å²) in [5.74, 6) is -1.64. The molecule has 1 unspecified atom stereocenters. The van der Waals surface area contributed by atoms with Crippen LogP contribution in [0.2, 0.25) is 0 Å². The SMILES string of the molecule is O=C1c2ccccc2C(=O)C1C1=Nc2ccccc2NC(c2ccc(F)cc2)C1. The zero-order valence-electron chi connectivity index (χ0n) is 15.4. The van der Waals surface area contributed by atoms with Gasteiger partial charge in [0.05, 0.1) is 17.4 Å². The molecule has 3 aromatic carbocycles. The van der Waals surface area contributed by atoms with Crippen molar-refractivity contribution < 1.29 is 14.0 Å². The predicted octanol–water partition coefficient (Wildman–Crippen LogP) is 5.15. The maximum Gasteiger partial charge on any atom is 0.180 e. The number of hydrogen-bond donors (Lipinski definition) is 1. The van der Waals surface area contributed by atoms with E-state index in [1.54, 1.807) is 36.4 Å². The van der Waals surface area contributed by atoms with Gasteiger partial charge in [-0.2, -0.15) is 0 Å². The molecule has 0 radical (unpaired) electrons. The minimum absolute atomic E-state index is 0.207. The van der Waals surface area contributed by atoms with Crippen molar-refractivity contribution in [3.8, 4) is 0 Å². The Morgan fingerprint density at radius 2 is 1.45 bits per heavy atom. The maximum absolute atomic E-state index is 13.4. The molecule has 0 spiro atoms. The minimum Gasteiger partial charge on any atom is -0.376 e. The summed E-state index contributed by atoms with van der Waals surface area (Å²) in [6.07, 6.45) is 0.371. The molecule has 0 amide bonds. The first kappa shape index (κ1) is 17.5. The summed E-state index contributed by atoms with van der Waals surface area (Å²) in [6, 6.07) is 20.4. The van der Waals surface area contributed by atoms with E-state index < -0.39 is 5.92 Å². The van der Waals surface area contributed by atoms with Crippen molar-refractivity contribution in [2.24, 2.45) is 10.9 Å². The Kier molecular flexibility index (Phi) is 4.09. The van der Waals surface area contributed by atoms with E-state index in [9.17, 15) is 14.0 Å². The van der Waals surface area contributed by atoms with Crippen LogP contribution in [0.5, 0.6) is 0 Å². The summed E-state index contributed by atoms with van der Waals surface area (Å²) in [5.41, 5.74) is 3.80. The van der Waals surface area contributed by atoms with Crippen molar-refractivity contribution in [3.63, 3.8) is 0 Å². The first-order valence-electron chi connectivity index (χ1n) is 9.48. The van der Waals surface area contributed by atoms with E-state index in [0.717, 1.165) is 11.3 Å². The Labute approximate surface area is 167 Å². The number of ketones is 2. The molecular formula is C24H17FN2O2. The second-order valence-electron chi connectivity index (χ2n) is 7.28. The number of para-hydroxylation sites is 2. The van der Waals surface area contributed by atoms with Gasteiger partial charge in [-0.25, -0.2) is 4.39 Å². The van der Waals surface area contributed by atoms with Gasteiger partial charge in [0.1, 0.15) is 11.7 Å². The molecule has 29 heavy (non-hydrogen) atoms. The predicted molar refractivity (Wildman–Crippen MR) is 110 cm³/mol. The van der Waals surface area contributed by atoms with Crippen LogP contribution in [-0.2, 0) is 0 Å². The molecule has 1 N–H and O–H groups in total. The van der Waals surface area contributed by atoms with E-state index in [4.69, 9.17) is 4.99 Å². The molecule has 4 nitrogen and oxygen atoms in total. The van der Waals surface area contributed by atoms with E-state index >= 15 is 0 Å². The van der Waals surface area contributed by atoms with Crippen LogP contribution in [-0.4, -0.2) is 17.3 Å². The third kappa shape index (κ3) is 2.95. The van der Waals surface area contributed by atoms with Crippen molar-refractivity contribution >= 4 is 28.7 Å². The van der Waals surface area contributed by atoms with Crippen LogP contribution in [0, 0.1) is 11.7 Å². The average Bonchev–Trinajstić information content (AvgIpc) is 2.88. The van der Waals surface area contributed by atoms with Gasteiger partial charge in [0.2, 0.25) is 0 Å². The van der Waals surface area contributed by atoms with Gasteiger partial charge < -0.3 is 5.32 Å². The van der Waals surface area contributed by atoms with E-state index in [1.807, 2.05) is 24.3 Å². The summed E-state index contributed by atoms with van der Waals surface area (Å²) < 4.78 is 13.4. The summed E-state index contributed by atoms with van der Waals surface area (Å²) in [5, 5.41) is 3.44. The molecule has 1 aliphatic heterocycles. The number of nitrogens with zero attached hydrogens (tertiary/aromatic N) is 1. The molecular weight excluding hydrogens is 367 g/mol. The Morgan fingerprint density at radius 1 is 0.828 bits per heavy atom. The summed E-state index contributed by atoms with van der Waals surface area (Å²) in [6.45, 7) is 0. The van der Waals surface area contributed by atoms with Crippen LogP contribution in [0.25, 0.3) is 0 Å². The standard InChI is InChI=1S/C24H17FN2O2/c25-15-11-9-14(10-12-15)20-13-21(27-19-8-4-3-7-18(19)26-20)22-23(28)16-5-1-2-6-17(16)24(22)29/h1-12,20,22,26H,13H2. The number of anilines is 1. The Bertz CT molecular complexity index is 1130. The average molecular weight is 384 g/mol. The quantitative estimate of drug-likeness (QED) is 0.622. The molecule has 142 valence electrons. The Balaban J connectivity index is 1.60. The molecule has 5 heteroatoms. The fraction of sp³-hybridized carbons (Fsp3) is 0.125. The second kappa shape index (κ2) is 6.78. The molecule has 5 rings (SSSR count). The monoisotopic (exact) mass is 384 g/mol. The van der Waals surface area contributed by atoms with Crippen molar-refractivity contribution in [1.82, 2.24) is 0 Å². The topological polar surface area (TPSA) is 58.5 Å². The minimum atomic E-state index is -0.914. The van der Waals surface area contributed by atoms with Gasteiger partial charge in [-0.05, 0) is 29.8 Å². The Hall–Kier alpha value is -3.60. The number of carbonyl (C=O) groups excluding carboxylic acids is 2. The van der Waals surface area contributed by atoms with Crippen molar-refractivity contribution in [2.75, 3.05) is 5.32 Å². The molecule has 0 saturated carbocycles. The zero-order valence-corrected chi connectivity index (χ0v) is 15.4. The number of nitrogens with one attached hydrogen (secondary N) is 1. The molecule has 0 saturated heterocycles. The van der Waals surface area contributed by atoms with E-state index in [1.165, 1.54) is 12.1 Å². The van der Waals surface area contributed by atoms with Crippen molar-refractivity contribution in [3.05, 3.63) is 95.3 Å². The van der Waals surface area contributed by atoms with Crippen LogP contribution in [0.15, 0.2) is 77.8 Å². The largest absolute Gasteiger partial charge is 0.376 e. The number of Topliss-reactive ketones (excluding diaryl/α,β-unsaturated/α-hetero) is 2.